The summed E-state index contributed by atoms with van der Waals surface area (Å²) in [5.74, 6) is 1.60. The Morgan fingerprint density at radius 1 is 1.26 bits per heavy atom. The molecular formula is C27H40N4O4. The lowest BCUT2D eigenvalue weighted by atomic mass is 9.97. The van der Waals surface area contributed by atoms with Crippen molar-refractivity contribution < 1.29 is 18.8 Å². The SMILES string of the molecule is CCCCC(CC)C(=O)N(CC(=O)N1CCCCC1c1nc(-c2cccc(OC)c2)no1)C(C)C. The number of carbonyl (C=O) groups excluding carboxylic acids is 2. The van der Waals surface area contributed by atoms with Gasteiger partial charge in [-0.25, -0.2) is 0 Å². The molecule has 1 fully saturated rings. The molecule has 1 aliphatic rings. The number of amides is 2. The van der Waals surface area contributed by atoms with Crippen molar-refractivity contribution in [2.45, 2.75) is 84.7 Å². The average molecular weight is 485 g/mol. The van der Waals surface area contributed by atoms with Gasteiger partial charge >= 0.3 is 0 Å². The number of benzene rings is 1. The molecule has 0 saturated carbocycles. The molecule has 1 aliphatic heterocycles. The molecule has 0 N–H and O–H groups in total. The number of ether oxygens (including phenoxy) is 1. The number of unbranched alkanes of at least 4 members (excludes halogenated alkanes) is 1. The number of likely N-dealkylation sites (tertiary alicyclic amines) is 1. The third-order valence-electron chi connectivity index (χ3n) is 6.84. The Morgan fingerprint density at radius 3 is 2.74 bits per heavy atom. The highest BCUT2D eigenvalue weighted by Gasteiger charge is 2.35. The molecule has 2 amide bonds. The quantitative estimate of drug-likeness (QED) is 0.433. The smallest absolute Gasteiger partial charge is 0.249 e. The summed E-state index contributed by atoms with van der Waals surface area (Å²) in [4.78, 5) is 35.0. The van der Waals surface area contributed by atoms with Crippen LogP contribution in [0.15, 0.2) is 28.8 Å². The minimum absolute atomic E-state index is 0.0383. The van der Waals surface area contributed by atoms with Crippen molar-refractivity contribution in [3.05, 3.63) is 30.2 Å². The second-order valence-electron chi connectivity index (χ2n) is 9.59. The largest absolute Gasteiger partial charge is 0.497 e. The van der Waals surface area contributed by atoms with E-state index in [4.69, 9.17) is 9.26 Å². The van der Waals surface area contributed by atoms with Crippen LogP contribution in [0.1, 0.15) is 84.6 Å². The number of piperidine rings is 1. The fourth-order valence-corrected chi connectivity index (χ4v) is 4.68. The second-order valence-corrected chi connectivity index (χ2v) is 9.59. The molecule has 1 saturated heterocycles. The molecule has 8 nitrogen and oxygen atoms in total. The molecule has 2 heterocycles. The van der Waals surface area contributed by atoms with Crippen LogP contribution in [0.4, 0.5) is 0 Å². The zero-order valence-electron chi connectivity index (χ0n) is 21.8. The number of hydrogen-bond acceptors (Lipinski definition) is 6. The first-order chi connectivity index (χ1) is 16.9. The topological polar surface area (TPSA) is 88.8 Å². The van der Waals surface area contributed by atoms with E-state index in [1.807, 2.05) is 43.0 Å². The van der Waals surface area contributed by atoms with Gasteiger partial charge in [-0.1, -0.05) is 44.0 Å². The van der Waals surface area contributed by atoms with Crippen LogP contribution in [0.2, 0.25) is 0 Å². The van der Waals surface area contributed by atoms with Crippen molar-refractivity contribution in [3.8, 4) is 17.1 Å². The van der Waals surface area contributed by atoms with Gasteiger partial charge in [-0.3, -0.25) is 9.59 Å². The predicted molar refractivity (Wildman–Crippen MR) is 135 cm³/mol. The van der Waals surface area contributed by atoms with Crippen molar-refractivity contribution in [1.82, 2.24) is 19.9 Å². The molecule has 0 spiro atoms. The highest BCUT2D eigenvalue weighted by atomic mass is 16.5. The molecule has 0 aliphatic carbocycles. The summed E-state index contributed by atoms with van der Waals surface area (Å²) in [6.45, 7) is 8.83. The maximum atomic E-state index is 13.5. The van der Waals surface area contributed by atoms with E-state index >= 15 is 0 Å². The van der Waals surface area contributed by atoms with Crippen LogP contribution >= 0.6 is 0 Å². The van der Waals surface area contributed by atoms with Crippen LogP contribution in [0, 0.1) is 5.92 Å². The molecule has 1 aromatic heterocycles. The average Bonchev–Trinajstić information content (AvgIpc) is 3.37. The summed E-state index contributed by atoms with van der Waals surface area (Å²) in [6, 6.07) is 7.16. The van der Waals surface area contributed by atoms with E-state index in [9.17, 15) is 9.59 Å². The van der Waals surface area contributed by atoms with Gasteiger partial charge in [0, 0.05) is 24.1 Å². The standard InChI is InChI=1S/C27H40N4O4/c1-6-8-12-20(7-2)27(33)31(19(3)4)18-24(32)30-16-10-9-15-23(30)26-28-25(29-35-26)21-13-11-14-22(17-21)34-5/h11,13-14,17,19-20,23H,6-10,12,15-16,18H2,1-5H3. The van der Waals surface area contributed by atoms with Gasteiger partial charge in [0.25, 0.3) is 0 Å². The lowest BCUT2D eigenvalue weighted by molar-refractivity contribution is -0.147. The highest BCUT2D eigenvalue weighted by Crippen LogP contribution is 2.32. The minimum atomic E-state index is -0.283. The molecule has 0 radical (unpaired) electrons. The van der Waals surface area contributed by atoms with Crippen LogP contribution in [0.5, 0.6) is 5.75 Å². The Bertz CT molecular complexity index is 974. The summed E-state index contributed by atoms with van der Waals surface area (Å²) in [5.41, 5.74) is 0.794. The van der Waals surface area contributed by atoms with E-state index in [1.54, 1.807) is 12.0 Å². The van der Waals surface area contributed by atoms with Crippen LogP contribution < -0.4 is 4.74 Å². The molecule has 1 aromatic carbocycles. The van der Waals surface area contributed by atoms with Crippen LogP contribution in [-0.4, -0.2) is 58.0 Å². The first-order valence-corrected chi connectivity index (χ1v) is 13.0. The van der Waals surface area contributed by atoms with E-state index < -0.39 is 0 Å². The van der Waals surface area contributed by atoms with Gasteiger partial charge in [-0.15, -0.1) is 0 Å². The van der Waals surface area contributed by atoms with Gasteiger partial charge in [0.15, 0.2) is 0 Å². The molecule has 2 aromatic rings. The van der Waals surface area contributed by atoms with Crippen molar-refractivity contribution in [1.29, 1.82) is 0 Å². The number of hydrogen-bond donors (Lipinski definition) is 0. The van der Waals surface area contributed by atoms with Crippen molar-refractivity contribution in [2.75, 3.05) is 20.2 Å². The first kappa shape index (κ1) is 26.7. The normalized spacial score (nSPS) is 16.9. The second kappa shape index (κ2) is 12.7. The summed E-state index contributed by atoms with van der Waals surface area (Å²) < 4.78 is 10.9. The highest BCUT2D eigenvalue weighted by molar-refractivity contribution is 5.86. The summed E-state index contributed by atoms with van der Waals surface area (Å²) in [5, 5.41) is 4.17. The number of carbonyl (C=O) groups is 2. The lowest BCUT2D eigenvalue weighted by Crippen LogP contribution is -2.49. The zero-order chi connectivity index (χ0) is 25.4. The molecule has 2 atom stereocenters. The van der Waals surface area contributed by atoms with Crippen LogP contribution in [0.3, 0.4) is 0 Å². The van der Waals surface area contributed by atoms with E-state index in [1.165, 1.54) is 0 Å². The van der Waals surface area contributed by atoms with Crippen molar-refractivity contribution in [2.24, 2.45) is 5.92 Å². The molecular weight excluding hydrogens is 444 g/mol. The maximum absolute atomic E-state index is 13.5. The Hall–Kier alpha value is -2.90. The Morgan fingerprint density at radius 2 is 2.06 bits per heavy atom. The fraction of sp³-hybridized carbons (Fsp3) is 0.630. The van der Waals surface area contributed by atoms with Crippen molar-refractivity contribution in [3.63, 3.8) is 0 Å². The Labute approximate surface area is 209 Å². The zero-order valence-corrected chi connectivity index (χ0v) is 21.8. The van der Waals surface area contributed by atoms with Gasteiger partial charge in [0.1, 0.15) is 18.3 Å². The van der Waals surface area contributed by atoms with E-state index in [0.29, 0.717) is 24.0 Å². The molecule has 2 unspecified atom stereocenters. The van der Waals surface area contributed by atoms with Crippen LogP contribution in [-0.2, 0) is 9.59 Å². The third kappa shape index (κ3) is 6.61. The number of nitrogens with zero attached hydrogens (tertiary/aromatic N) is 4. The van der Waals surface area contributed by atoms with Crippen molar-refractivity contribution >= 4 is 11.8 Å². The van der Waals surface area contributed by atoms with Gasteiger partial charge in [-0.05, 0) is 58.1 Å². The Kier molecular flexibility index (Phi) is 9.69. The van der Waals surface area contributed by atoms with Crippen LogP contribution in [0.25, 0.3) is 11.4 Å². The fourth-order valence-electron chi connectivity index (χ4n) is 4.68. The number of methoxy groups -OCH3 is 1. The van der Waals surface area contributed by atoms with E-state index in [0.717, 1.165) is 50.5 Å². The summed E-state index contributed by atoms with van der Waals surface area (Å²) in [7, 11) is 1.62. The number of aromatic nitrogens is 2. The monoisotopic (exact) mass is 484 g/mol. The van der Waals surface area contributed by atoms with Gasteiger partial charge < -0.3 is 19.1 Å². The lowest BCUT2D eigenvalue weighted by Gasteiger charge is -2.36. The van der Waals surface area contributed by atoms with E-state index in [2.05, 4.69) is 24.0 Å². The number of rotatable bonds is 11. The Balaban J connectivity index is 1.76. The third-order valence-corrected chi connectivity index (χ3v) is 6.84. The maximum Gasteiger partial charge on any atom is 0.249 e. The van der Waals surface area contributed by atoms with E-state index in [-0.39, 0.29) is 36.4 Å². The molecule has 0 bridgehead atoms. The minimum Gasteiger partial charge on any atom is -0.497 e. The summed E-state index contributed by atoms with van der Waals surface area (Å²) >= 11 is 0. The molecule has 8 heteroatoms. The predicted octanol–water partition coefficient (Wildman–Crippen LogP) is 5.25. The molecule has 35 heavy (non-hydrogen) atoms. The van der Waals surface area contributed by atoms with Gasteiger partial charge in [0.05, 0.1) is 7.11 Å². The van der Waals surface area contributed by atoms with Gasteiger partial charge in [0.2, 0.25) is 23.5 Å². The summed E-state index contributed by atoms with van der Waals surface area (Å²) in [6.07, 6.45) is 6.39. The molecule has 192 valence electrons. The van der Waals surface area contributed by atoms with Gasteiger partial charge in [-0.2, -0.15) is 4.98 Å². The first-order valence-electron chi connectivity index (χ1n) is 13.0. The molecule has 3 rings (SSSR count).